The van der Waals surface area contributed by atoms with Crippen LogP contribution in [0, 0.1) is 12.3 Å². The number of H-pyrrole nitrogens is 1. The third-order valence-corrected chi connectivity index (χ3v) is 6.94. The fraction of sp³-hybridized carbons (Fsp3) is 0.429. The van der Waals surface area contributed by atoms with Gasteiger partial charge in [-0.2, -0.15) is 0 Å². The molecule has 0 saturated carbocycles. The summed E-state index contributed by atoms with van der Waals surface area (Å²) in [6.07, 6.45) is 2.75. The van der Waals surface area contributed by atoms with Gasteiger partial charge < -0.3 is 14.8 Å². The summed E-state index contributed by atoms with van der Waals surface area (Å²) in [4.78, 5) is 33.5. The Morgan fingerprint density at radius 1 is 1.06 bits per heavy atom. The SMILES string of the molecule is Cc1ccc(CN(CCc2c[nH]c3ccccc23)C(=O)CN(C(=O)C(C)(C)CCl)C(C)C)cc1. The number of aromatic amines is 1. The van der Waals surface area contributed by atoms with Gasteiger partial charge in [0.05, 0.1) is 5.41 Å². The molecular formula is C28H36ClN3O2. The molecule has 0 aliphatic carbocycles. The third-order valence-electron chi connectivity index (χ3n) is 6.28. The summed E-state index contributed by atoms with van der Waals surface area (Å²) in [5, 5.41) is 1.17. The molecule has 34 heavy (non-hydrogen) atoms. The minimum Gasteiger partial charge on any atom is -0.361 e. The second-order valence-electron chi connectivity index (χ2n) is 9.95. The molecule has 0 aliphatic rings. The first-order valence-electron chi connectivity index (χ1n) is 11.9. The third kappa shape index (κ3) is 6.20. The second kappa shape index (κ2) is 11.1. The number of benzene rings is 2. The highest BCUT2D eigenvalue weighted by Crippen LogP contribution is 2.23. The van der Waals surface area contributed by atoms with E-state index in [0.717, 1.165) is 17.5 Å². The van der Waals surface area contributed by atoms with E-state index < -0.39 is 5.41 Å². The Hall–Kier alpha value is -2.79. The van der Waals surface area contributed by atoms with Gasteiger partial charge in [0, 0.05) is 42.1 Å². The van der Waals surface area contributed by atoms with Crippen LogP contribution in [0.3, 0.4) is 0 Å². The number of halogens is 1. The van der Waals surface area contributed by atoms with E-state index in [1.54, 1.807) is 4.90 Å². The highest BCUT2D eigenvalue weighted by Gasteiger charge is 2.34. The number of nitrogens with zero attached hydrogens (tertiary/aromatic N) is 2. The molecule has 0 aliphatic heterocycles. The van der Waals surface area contributed by atoms with Gasteiger partial charge in [-0.05, 0) is 58.2 Å². The van der Waals surface area contributed by atoms with Crippen molar-refractivity contribution < 1.29 is 9.59 Å². The summed E-state index contributed by atoms with van der Waals surface area (Å²) in [5.74, 6) is 0.0438. The lowest BCUT2D eigenvalue weighted by atomic mass is 9.93. The van der Waals surface area contributed by atoms with E-state index in [1.807, 2.05) is 50.9 Å². The Balaban J connectivity index is 1.81. The van der Waals surface area contributed by atoms with Crippen molar-refractivity contribution in [3.63, 3.8) is 0 Å². The number of nitrogens with one attached hydrogen (secondary N) is 1. The number of fused-ring (bicyclic) bond motifs is 1. The lowest BCUT2D eigenvalue weighted by Gasteiger charge is -2.35. The van der Waals surface area contributed by atoms with Crippen LogP contribution in [0.1, 0.15) is 44.4 Å². The molecule has 1 aromatic heterocycles. The van der Waals surface area contributed by atoms with Crippen molar-refractivity contribution in [2.45, 2.75) is 53.6 Å². The van der Waals surface area contributed by atoms with Crippen molar-refractivity contribution in [3.05, 3.63) is 71.4 Å². The molecule has 0 spiro atoms. The number of hydrogen-bond donors (Lipinski definition) is 1. The quantitative estimate of drug-likeness (QED) is 0.386. The number of amides is 2. The summed E-state index contributed by atoms with van der Waals surface area (Å²) in [5.41, 5.74) is 3.80. The van der Waals surface area contributed by atoms with Crippen LogP contribution in [0.2, 0.25) is 0 Å². The first kappa shape index (κ1) is 25.8. The molecule has 1 heterocycles. The van der Waals surface area contributed by atoms with Crippen molar-refractivity contribution >= 4 is 34.3 Å². The summed E-state index contributed by atoms with van der Waals surface area (Å²) in [6, 6.07) is 16.3. The Bertz CT molecular complexity index is 1120. The minimum absolute atomic E-state index is 0.0383. The minimum atomic E-state index is -0.724. The van der Waals surface area contributed by atoms with Gasteiger partial charge in [-0.15, -0.1) is 11.6 Å². The van der Waals surface area contributed by atoms with Gasteiger partial charge in [0.25, 0.3) is 0 Å². The molecule has 0 atom stereocenters. The predicted octanol–water partition coefficient (Wildman–Crippen LogP) is 5.55. The summed E-state index contributed by atoms with van der Waals surface area (Å²) in [7, 11) is 0. The van der Waals surface area contributed by atoms with Gasteiger partial charge in [-0.25, -0.2) is 0 Å². The Morgan fingerprint density at radius 3 is 2.38 bits per heavy atom. The van der Waals surface area contributed by atoms with E-state index in [4.69, 9.17) is 11.6 Å². The molecule has 0 unspecified atom stereocenters. The predicted molar refractivity (Wildman–Crippen MR) is 140 cm³/mol. The van der Waals surface area contributed by atoms with Crippen molar-refractivity contribution in [2.75, 3.05) is 19.0 Å². The molecule has 1 N–H and O–H groups in total. The number of aryl methyl sites for hydroxylation is 1. The van der Waals surface area contributed by atoms with Crippen LogP contribution in [0.5, 0.6) is 0 Å². The maximum atomic E-state index is 13.6. The maximum Gasteiger partial charge on any atom is 0.242 e. The number of alkyl halides is 1. The Kier molecular flexibility index (Phi) is 8.42. The van der Waals surface area contributed by atoms with E-state index >= 15 is 0 Å². The monoisotopic (exact) mass is 481 g/mol. The molecular weight excluding hydrogens is 446 g/mol. The molecule has 182 valence electrons. The van der Waals surface area contributed by atoms with E-state index in [1.165, 1.54) is 16.5 Å². The lowest BCUT2D eigenvalue weighted by molar-refractivity contribution is -0.147. The van der Waals surface area contributed by atoms with Gasteiger partial charge in [0.1, 0.15) is 6.54 Å². The molecule has 3 aromatic rings. The number of para-hydroxylation sites is 1. The zero-order valence-corrected chi connectivity index (χ0v) is 21.7. The number of carbonyl (C=O) groups excluding carboxylic acids is 2. The smallest absolute Gasteiger partial charge is 0.242 e. The number of aromatic nitrogens is 1. The molecule has 0 radical (unpaired) electrons. The van der Waals surface area contributed by atoms with Gasteiger partial charge in [0.2, 0.25) is 11.8 Å². The van der Waals surface area contributed by atoms with Crippen molar-refractivity contribution in [3.8, 4) is 0 Å². The van der Waals surface area contributed by atoms with Crippen LogP contribution in [0.25, 0.3) is 10.9 Å². The topological polar surface area (TPSA) is 56.4 Å². The maximum absolute atomic E-state index is 13.6. The van der Waals surface area contributed by atoms with E-state index in [2.05, 4.69) is 48.3 Å². The van der Waals surface area contributed by atoms with Crippen molar-refractivity contribution in [1.82, 2.24) is 14.8 Å². The number of carbonyl (C=O) groups is 2. The molecule has 0 bridgehead atoms. The second-order valence-corrected chi connectivity index (χ2v) is 10.2. The van der Waals surface area contributed by atoms with Gasteiger partial charge in [-0.3, -0.25) is 9.59 Å². The summed E-state index contributed by atoms with van der Waals surface area (Å²) in [6.45, 7) is 10.7. The molecule has 0 saturated heterocycles. The fourth-order valence-electron chi connectivity index (χ4n) is 3.98. The molecule has 2 aromatic carbocycles. The average Bonchev–Trinajstić information content (AvgIpc) is 3.23. The fourth-order valence-corrected chi connectivity index (χ4v) is 4.09. The van der Waals surface area contributed by atoms with Crippen LogP contribution in [-0.4, -0.2) is 51.6 Å². The van der Waals surface area contributed by atoms with Crippen LogP contribution in [0.15, 0.2) is 54.7 Å². The zero-order chi connectivity index (χ0) is 24.9. The molecule has 6 heteroatoms. The number of hydrogen-bond acceptors (Lipinski definition) is 2. The highest BCUT2D eigenvalue weighted by atomic mass is 35.5. The standard InChI is InChI=1S/C28H36ClN3O2/c1-20(2)32(27(34)28(4,5)19-29)18-26(33)31(17-22-12-10-21(3)11-13-22)15-14-23-16-30-25-9-7-6-8-24(23)25/h6-13,16,20,30H,14-15,17-19H2,1-5H3. The van der Waals surface area contributed by atoms with Crippen LogP contribution >= 0.6 is 11.6 Å². The molecule has 3 rings (SSSR count). The average molecular weight is 482 g/mol. The van der Waals surface area contributed by atoms with Crippen LogP contribution in [-0.2, 0) is 22.6 Å². The Labute approximate surface area is 208 Å². The number of rotatable bonds is 10. The van der Waals surface area contributed by atoms with Crippen LogP contribution in [0.4, 0.5) is 0 Å². The molecule has 0 fully saturated rings. The first-order chi connectivity index (χ1) is 16.1. The van der Waals surface area contributed by atoms with Gasteiger partial charge >= 0.3 is 0 Å². The van der Waals surface area contributed by atoms with E-state index in [0.29, 0.717) is 13.1 Å². The molecule has 5 nitrogen and oxygen atoms in total. The van der Waals surface area contributed by atoms with Crippen molar-refractivity contribution in [2.24, 2.45) is 5.41 Å². The normalized spacial score (nSPS) is 11.7. The zero-order valence-electron chi connectivity index (χ0n) is 20.9. The first-order valence-corrected chi connectivity index (χ1v) is 12.4. The lowest BCUT2D eigenvalue weighted by Crippen LogP contribution is -2.50. The summed E-state index contributed by atoms with van der Waals surface area (Å²) >= 11 is 6.06. The highest BCUT2D eigenvalue weighted by molar-refractivity contribution is 6.19. The Morgan fingerprint density at radius 2 is 1.74 bits per heavy atom. The van der Waals surface area contributed by atoms with Crippen molar-refractivity contribution in [1.29, 1.82) is 0 Å². The summed E-state index contributed by atoms with van der Waals surface area (Å²) < 4.78 is 0. The largest absolute Gasteiger partial charge is 0.361 e. The van der Waals surface area contributed by atoms with Gasteiger partial charge in [0.15, 0.2) is 0 Å². The van der Waals surface area contributed by atoms with Gasteiger partial charge in [-0.1, -0.05) is 48.0 Å². The molecule has 2 amide bonds. The van der Waals surface area contributed by atoms with E-state index in [9.17, 15) is 9.59 Å². The van der Waals surface area contributed by atoms with E-state index in [-0.39, 0.29) is 30.3 Å². The van der Waals surface area contributed by atoms with Crippen LogP contribution < -0.4 is 0 Å².